The van der Waals surface area contributed by atoms with Crippen molar-refractivity contribution in [3.8, 4) is 0 Å². The number of amides is 1. The fourth-order valence-electron chi connectivity index (χ4n) is 2.59. The maximum Gasteiger partial charge on any atom is 0.224 e. The zero-order chi connectivity index (χ0) is 16.5. The highest BCUT2D eigenvalue weighted by atomic mass is 35.5. The van der Waals surface area contributed by atoms with E-state index in [1.807, 2.05) is 13.8 Å². The maximum atomic E-state index is 13.1. The molecule has 22 heavy (non-hydrogen) atoms. The normalized spacial score (nSPS) is 20.8. The molecule has 7 heteroatoms. The highest BCUT2D eigenvalue weighted by Crippen LogP contribution is 2.30. The van der Waals surface area contributed by atoms with Gasteiger partial charge in [0.1, 0.15) is 5.82 Å². The first-order valence-corrected chi connectivity index (χ1v) is 9.24. The molecular weight excluding hydrogens is 329 g/mol. The summed E-state index contributed by atoms with van der Waals surface area (Å²) in [5.74, 6) is -1.17. The van der Waals surface area contributed by atoms with Gasteiger partial charge in [-0.25, -0.2) is 12.8 Å². The monoisotopic (exact) mass is 347 g/mol. The molecule has 1 fully saturated rings. The van der Waals surface area contributed by atoms with Crippen molar-refractivity contribution in [2.75, 3.05) is 18.1 Å². The molecule has 1 saturated heterocycles. The minimum atomic E-state index is -3.08. The number of nitrogens with one attached hydrogen (secondary N) is 1. The third-order valence-electron chi connectivity index (χ3n) is 3.97. The quantitative estimate of drug-likeness (QED) is 0.909. The van der Waals surface area contributed by atoms with Crippen LogP contribution in [0.1, 0.15) is 25.8 Å². The molecule has 0 saturated carbocycles. The van der Waals surface area contributed by atoms with Crippen molar-refractivity contribution in [2.45, 2.75) is 25.7 Å². The van der Waals surface area contributed by atoms with E-state index in [9.17, 15) is 17.6 Å². The van der Waals surface area contributed by atoms with Crippen LogP contribution in [0.2, 0.25) is 5.02 Å². The number of halogens is 2. The van der Waals surface area contributed by atoms with E-state index in [1.165, 1.54) is 12.1 Å². The Balaban J connectivity index is 2.02. The van der Waals surface area contributed by atoms with Gasteiger partial charge in [0, 0.05) is 17.0 Å². The third-order valence-corrected chi connectivity index (χ3v) is 6.05. The van der Waals surface area contributed by atoms with Crippen molar-refractivity contribution in [1.29, 1.82) is 0 Å². The number of benzene rings is 1. The predicted octanol–water partition coefficient (Wildman–Crippen LogP) is 2.31. The molecule has 2 rings (SSSR count). The largest absolute Gasteiger partial charge is 0.355 e. The molecule has 1 aromatic carbocycles. The fourth-order valence-corrected chi connectivity index (χ4v) is 4.75. The number of hydrogen-bond donors (Lipinski definition) is 1. The summed E-state index contributed by atoms with van der Waals surface area (Å²) in [6, 6.07) is 4.17. The molecule has 1 amide bonds. The summed E-state index contributed by atoms with van der Waals surface area (Å²) in [5, 5.41) is 3.10. The maximum absolute atomic E-state index is 13.1. The fraction of sp³-hybridized carbons (Fsp3) is 0.533. The molecule has 1 heterocycles. The van der Waals surface area contributed by atoms with E-state index in [2.05, 4.69) is 5.32 Å². The molecule has 1 aromatic rings. The SMILES string of the molecule is CC(C)(CNC(=O)[C@H]1CCS(=O)(=O)C1)c1ccc(F)cc1Cl. The van der Waals surface area contributed by atoms with Crippen LogP contribution in [0, 0.1) is 11.7 Å². The number of rotatable bonds is 4. The van der Waals surface area contributed by atoms with E-state index in [0.29, 0.717) is 18.0 Å². The summed E-state index contributed by atoms with van der Waals surface area (Å²) in [5.41, 5.74) is 0.243. The molecule has 0 aliphatic carbocycles. The Hall–Kier alpha value is -1.14. The van der Waals surface area contributed by atoms with Crippen LogP contribution in [0.5, 0.6) is 0 Å². The first kappa shape index (κ1) is 17.2. The predicted molar refractivity (Wildman–Crippen MR) is 84.2 cm³/mol. The van der Waals surface area contributed by atoms with Crippen molar-refractivity contribution in [2.24, 2.45) is 5.92 Å². The molecule has 0 spiro atoms. The van der Waals surface area contributed by atoms with E-state index in [-0.39, 0.29) is 17.4 Å². The van der Waals surface area contributed by atoms with E-state index in [0.717, 1.165) is 5.56 Å². The summed E-state index contributed by atoms with van der Waals surface area (Å²) in [6.45, 7) is 4.07. The van der Waals surface area contributed by atoms with Gasteiger partial charge in [-0.2, -0.15) is 0 Å². The van der Waals surface area contributed by atoms with Crippen LogP contribution in [0.3, 0.4) is 0 Å². The number of carbonyl (C=O) groups excluding carboxylic acids is 1. The number of sulfone groups is 1. The Labute approximate surface area is 135 Å². The van der Waals surface area contributed by atoms with E-state index in [4.69, 9.17) is 11.6 Å². The lowest BCUT2D eigenvalue weighted by Crippen LogP contribution is -2.40. The average Bonchev–Trinajstić information content (AvgIpc) is 2.76. The van der Waals surface area contributed by atoms with E-state index >= 15 is 0 Å². The Morgan fingerprint density at radius 3 is 2.68 bits per heavy atom. The molecule has 1 N–H and O–H groups in total. The first-order chi connectivity index (χ1) is 10.1. The molecule has 1 atom stereocenters. The lowest BCUT2D eigenvalue weighted by molar-refractivity contribution is -0.124. The molecule has 0 bridgehead atoms. The minimum Gasteiger partial charge on any atom is -0.355 e. The Bertz CT molecular complexity index is 688. The highest BCUT2D eigenvalue weighted by Gasteiger charge is 2.34. The Morgan fingerprint density at radius 1 is 1.45 bits per heavy atom. The number of carbonyl (C=O) groups is 1. The van der Waals surface area contributed by atoms with Crippen LogP contribution < -0.4 is 5.32 Å². The zero-order valence-electron chi connectivity index (χ0n) is 12.5. The van der Waals surface area contributed by atoms with Crippen LogP contribution in [0.15, 0.2) is 18.2 Å². The van der Waals surface area contributed by atoms with Gasteiger partial charge in [0.15, 0.2) is 9.84 Å². The van der Waals surface area contributed by atoms with Gasteiger partial charge in [-0.05, 0) is 24.1 Å². The van der Waals surface area contributed by atoms with Crippen LogP contribution in [-0.4, -0.2) is 32.4 Å². The van der Waals surface area contributed by atoms with Gasteiger partial charge in [-0.3, -0.25) is 4.79 Å². The highest BCUT2D eigenvalue weighted by molar-refractivity contribution is 7.91. The third kappa shape index (κ3) is 3.98. The van der Waals surface area contributed by atoms with E-state index in [1.54, 1.807) is 6.07 Å². The van der Waals surface area contributed by atoms with Crippen molar-refractivity contribution >= 4 is 27.3 Å². The summed E-state index contributed by atoms with van der Waals surface area (Å²) in [6.07, 6.45) is 0.367. The lowest BCUT2D eigenvalue weighted by Gasteiger charge is -2.27. The van der Waals surface area contributed by atoms with Gasteiger partial charge in [-0.1, -0.05) is 31.5 Å². The van der Waals surface area contributed by atoms with Gasteiger partial charge in [0.2, 0.25) is 5.91 Å². The van der Waals surface area contributed by atoms with Crippen molar-refractivity contribution in [3.05, 3.63) is 34.6 Å². The molecule has 0 unspecified atom stereocenters. The van der Waals surface area contributed by atoms with Crippen molar-refractivity contribution < 1.29 is 17.6 Å². The molecule has 4 nitrogen and oxygen atoms in total. The van der Waals surface area contributed by atoms with Gasteiger partial charge < -0.3 is 5.32 Å². The van der Waals surface area contributed by atoms with E-state index < -0.39 is 27.0 Å². The van der Waals surface area contributed by atoms with Crippen molar-refractivity contribution in [3.63, 3.8) is 0 Å². The van der Waals surface area contributed by atoms with Crippen LogP contribution in [-0.2, 0) is 20.0 Å². The summed E-state index contributed by atoms with van der Waals surface area (Å²) < 4.78 is 35.9. The second kappa shape index (κ2) is 6.16. The summed E-state index contributed by atoms with van der Waals surface area (Å²) >= 11 is 6.06. The van der Waals surface area contributed by atoms with Crippen molar-refractivity contribution in [1.82, 2.24) is 5.32 Å². The Kier molecular flexibility index (Phi) is 4.82. The minimum absolute atomic E-state index is 0.0677. The second-order valence-electron chi connectivity index (χ2n) is 6.33. The standard InChI is InChI=1S/C15H19ClFNO3S/c1-15(2,12-4-3-11(17)7-13(12)16)9-18-14(19)10-5-6-22(20,21)8-10/h3-4,7,10H,5-6,8-9H2,1-2H3,(H,18,19)/t10-/m0/s1. The molecule has 0 radical (unpaired) electrons. The second-order valence-corrected chi connectivity index (χ2v) is 8.96. The topological polar surface area (TPSA) is 63.2 Å². The number of hydrogen-bond acceptors (Lipinski definition) is 3. The van der Waals surface area contributed by atoms with Gasteiger partial charge in [0.05, 0.1) is 17.4 Å². The van der Waals surface area contributed by atoms with Crippen LogP contribution in [0.4, 0.5) is 4.39 Å². The molecule has 122 valence electrons. The van der Waals surface area contributed by atoms with Gasteiger partial charge in [-0.15, -0.1) is 0 Å². The van der Waals surface area contributed by atoms with Crippen LogP contribution >= 0.6 is 11.6 Å². The summed E-state index contributed by atoms with van der Waals surface area (Å²) in [4.78, 5) is 12.1. The lowest BCUT2D eigenvalue weighted by atomic mass is 9.84. The molecule has 1 aliphatic rings. The zero-order valence-corrected chi connectivity index (χ0v) is 14.1. The van der Waals surface area contributed by atoms with Gasteiger partial charge >= 0.3 is 0 Å². The molecule has 0 aromatic heterocycles. The summed E-state index contributed by atoms with van der Waals surface area (Å²) in [7, 11) is -3.08. The van der Waals surface area contributed by atoms with Gasteiger partial charge in [0.25, 0.3) is 0 Å². The average molecular weight is 348 g/mol. The molecule has 1 aliphatic heterocycles. The molecular formula is C15H19ClFNO3S. The first-order valence-electron chi connectivity index (χ1n) is 7.04. The van der Waals surface area contributed by atoms with Crippen LogP contribution in [0.25, 0.3) is 0 Å². The smallest absolute Gasteiger partial charge is 0.224 e. The Morgan fingerprint density at radius 2 is 2.14 bits per heavy atom.